The number of hydrogen-bond donors (Lipinski definition) is 1. The molecule has 4 nitrogen and oxygen atoms in total. The summed E-state index contributed by atoms with van der Waals surface area (Å²) in [5.74, 6) is -0.655. The highest BCUT2D eigenvalue weighted by atomic mass is 16.4. The van der Waals surface area contributed by atoms with Gasteiger partial charge in [0.25, 0.3) is 0 Å². The third kappa shape index (κ3) is 16.6. The quantitative estimate of drug-likeness (QED) is 0.262. The van der Waals surface area contributed by atoms with Crippen LogP contribution >= 0.6 is 0 Å². The van der Waals surface area contributed by atoms with E-state index in [1.165, 1.54) is 83.5 Å². The third-order valence-corrected chi connectivity index (χ3v) is 5.05. The summed E-state index contributed by atoms with van der Waals surface area (Å²) in [4.78, 5) is 11.3. The van der Waals surface area contributed by atoms with Crippen LogP contribution in [0.2, 0.25) is 0 Å². The van der Waals surface area contributed by atoms with E-state index in [1.54, 1.807) is 0 Å². The molecule has 0 aliphatic rings. The molecule has 0 rings (SSSR count). The maximum Gasteiger partial charge on any atom is 0.362 e. The minimum absolute atomic E-state index is 0. The summed E-state index contributed by atoms with van der Waals surface area (Å²) in [7, 11) is 5.92. The second kappa shape index (κ2) is 16.8. The van der Waals surface area contributed by atoms with Crippen molar-refractivity contribution in [2.75, 3.05) is 21.1 Å². The molecule has 0 radical (unpaired) electrons. The van der Waals surface area contributed by atoms with Gasteiger partial charge in [-0.15, -0.1) is 0 Å². The van der Waals surface area contributed by atoms with Crippen LogP contribution in [0.1, 0.15) is 103 Å². The first-order valence-corrected chi connectivity index (χ1v) is 10.4. The number of aliphatic carboxylic acids is 1. The van der Waals surface area contributed by atoms with Crippen LogP contribution in [0.5, 0.6) is 0 Å². The Labute approximate surface area is 156 Å². The Bertz CT molecular complexity index is 300. The highest BCUT2D eigenvalue weighted by Gasteiger charge is 2.30. The van der Waals surface area contributed by atoms with E-state index in [4.69, 9.17) is 0 Å². The summed E-state index contributed by atoms with van der Waals surface area (Å²) in [5.41, 5.74) is 0. The fraction of sp³-hybridized carbons (Fsp3) is 0.952. The molecule has 0 heterocycles. The Morgan fingerprint density at radius 2 is 1.04 bits per heavy atom. The number of unbranched alkanes of at least 4 members (excludes halogenated alkanes) is 13. The summed E-state index contributed by atoms with van der Waals surface area (Å²) in [5, 5.41) is 9.30. The van der Waals surface area contributed by atoms with Gasteiger partial charge in [-0.25, -0.2) is 4.79 Å². The van der Waals surface area contributed by atoms with E-state index in [0.717, 1.165) is 12.8 Å². The van der Waals surface area contributed by atoms with E-state index in [2.05, 4.69) is 6.92 Å². The molecule has 0 aliphatic carbocycles. The van der Waals surface area contributed by atoms with E-state index in [0.29, 0.717) is 4.48 Å². The lowest BCUT2D eigenvalue weighted by atomic mass is 10.0. The van der Waals surface area contributed by atoms with Crippen molar-refractivity contribution in [3.63, 3.8) is 0 Å². The lowest BCUT2D eigenvalue weighted by Gasteiger charge is -2.31. The van der Waals surface area contributed by atoms with Gasteiger partial charge in [0, 0.05) is 6.42 Å². The summed E-state index contributed by atoms with van der Waals surface area (Å²) < 4.78 is 0.522. The number of hydrogen-bond acceptors (Lipinski definition) is 2. The summed E-state index contributed by atoms with van der Waals surface area (Å²) in [6.45, 7) is 2.27. The van der Waals surface area contributed by atoms with Crippen LogP contribution in [-0.4, -0.2) is 48.2 Å². The molecule has 1 unspecified atom stereocenters. The molecule has 0 aromatic rings. The SMILES string of the molecule is CCCCCCCCCCCCCCCCC(C(=O)O)[N+](C)(C)C.[OH-]. The topological polar surface area (TPSA) is 67.3 Å². The Kier molecular flexibility index (Phi) is 17.9. The van der Waals surface area contributed by atoms with Crippen LogP contribution < -0.4 is 0 Å². The molecule has 4 heteroatoms. The van der Waals surface area contributed by atoms with Crippen LogP contribution in [0, 0.1) is 0 Å². The normalized spacial score (nSPS) is 12.6. The van der Waals surface area contributed by atoms with Crippen molar-refractivity contribution < 1.29 is 19.9 Å². The standard InChI is InChI=1S/C21H43NO2.H2O/c1-5-6-7-8-9-10-11-12-13-14-15-16-17-18-19-20(21(23)24)22(2,3)4;/h20H,5-19H2,1-4H3;1H2. The van der Waals surface area contributed by atoms with Crippen molar-refractivity contribution in [1.82, 2.24) is 0 Å². The molecule has 0 aromatic carbocycles. The van der Waals surface area contributed by atoms with Gasteiger partial charge in [-0.05, 0) is 6.42 Å². The summed E-state index contributed by atoms with van der Waals surface area (Å²) >= 11 is 0. The first-order chi connectivity index (χ1) is 11.4. The minimum atomic E-state index is -0.655. The van der Waals surface area contributed by atoms with E-state index < -0.39 is 5.97 Å². The summed E-state index contributed by atoms with van der Waals surface area (Å²) in [6.07, 6.45) is 19.6. The van der Waals surface area contributed by atoms with E-state index >= 15 is 0 Å². The Balaban J connectivity index is 0. The molecule has 2 N–H and O–H groups in total. The molecular formula is C21H45NO3. The van der Waals surface area contributed by atoms with Crippen molar-refractivity contribution in [3.8, 4) is 0 Å². The molecule has 0 aliphatic heterocycles. The maximum absolute atomic E-state index is 11.3. The number of quaternary nitrogens is 1. The molecule has 0 saturated heterocycles. The van der Waals surface area contributed by atoms with Gasteiger partial charge in [-0.3, -0.25) is 0 Å². The fourth-order valence-electron chi connectivity index (χ4n) is 3.37. The molecule has 0 spiro atoms. The van der Waals surface area contributed by atoms with Gasteiger partial charge >= 0.3 is 5.97 Å². The van der Waals surface area contributed by atoms with Crippen LogP contribution in [0.4, 0.5) is 0 Å². The zero-order valence-corrected chi connectivity index (χ0v) is 17.4. The minimum Gasteiger partial charge on any atom is -0.870 e. The predicted octanol–water partition coefficient (Wildman–Crippen LogP) is 5.84. The van der Waals surface area contributed by atoms with Gasteiger partial charge in [0.05, 0.1) is 21.1 Å². The van der Waals surface area contributed by atoms with Crippen LogP contribution in [-0.2, 0) is 4.79 Å². The van der Waals surface area contributed by atoms with Crippen molar-refractivity contribution in [3.05, 3.63) is 0 Å². The largest absolute Gasteiger partial charge is 0.870 e. The van der Waals surface area contributed by atoms with Gasteiger partial charge in [-0.1, -0.05) is 90.4 Å². The van der Waals surface area contributed by atoms with Crippen molar-refractivity contribution >= 4 is 5.97 Å². The van der Waals surface area contributed by atoms with Gasteiger partial charge in [0.2, 0.25) is 0 Å². The smallest absolute Gasteiger partial charge is 0.362 e. The van der Waals surface area contributed by atoms with Crippen molar-refractivity contribution in [1.29, 1.82) is 0 Å². The van der Waals surface area contributed by atoms with Gasteiger partial charge < -0.3 is 15.1 Å². The van der Waals surface area contributed by atoms with E-state index in [1.807, 2.05) is 21.1 Å². The molecule has 0 aromatic heterocycles. The number of rotatable bonds is 17. The lowest BCUT2D eigenvalue weighted by molar-refractivity contribution is -0.887. The second-order valence-electron chi connectivity index (χ2n) is 8.36. The average Bonchev–Trinajstić information content (AvgIpc) is 2.49. The highest BCUT2D eigenvalue weighted by molar-refractivity contribution is 5.72. The van der Waals surface area contributed by atoms with Crippen LogP contribution in [0.15, 0.2) is 0 Å². The number of likely N-dealkylation sites (N-methyl/N-ethyl adjacent to an activating group) is 1. The van der Waals surface area contributed by atoms with Crippen LogP contribution in [0.25, 0.3) is 0 Å². The van der Waals surface area contributed by atoms with Gasteiger partial charge in [-0.2, -0.15) is 0 Å². The lowest BCUT2D eigenvalue weighted by Crippen LogP contribution is -2.49. The fourth-order valence-corrected chi connectivity index (χ4v) is 3.37. The van der Waals surface area contributed by atoms with Crippen LogP contribution in [0.3, 0.4) is 0 Å². The molecule has 0 saturated carbocycles. The molecule has 1 atom stereocenters. The zero-order valence-electron chi connectivity index (χ0n) is 17.4. The molecule has 0 fully saturated rings. The first kappa shape index (κ1) is 26.6. The monoisotopic (exact) mass is 359 g/mol. The molecular weight excluding hydrogens is 314 g/mol. The average molecular weight is 360 g/mol. The number of carboxylic acid groups (broad SMARTS) is 1. The Hall–Kier alpha value is -0.610. The second-order valence-corrected chi connectivity index (χ2v) is 8.36. The molecule has 152 valence electrons. The molecule has 0 amide bonds. The maximum atomic E-state index is 11.3. The van der Waals surface area contributed by atoms with Crippen molar-refractivity contribution in [2.24, 2.45) is 0 Å². The third-order valence-electron chi connectivity index (χ3n) is 5.05. The molecule has 25 heavy (non-hydrogen) atoms. The summed E-state index contributed by atoms with van der Waals surface area (Å²) in [6, 6.07) is -0.262. The number of carbonyl (C=O) groups is 1. The van der Waals surface area contributed by atoms with Gasteiger partial charge in [0.15, 0.2) is 6.04 Å². The van der Waals surface area contributed by atoms with Gasteiger partial charge in [0.1, 0.15) is 0 Å². The first-order valence-electron chi connectivity index (χ1n) is 10.4. The van der Waals surface area contributed by atoms with E-state index in [-0.39, 0.29) is 11.5 Å². The Morgan fingerprint density at radius 1 is 0.720 bits per heavy atom. The predicted molar refractivity (Wildman–Crippen MR) is 106 cm³/mol. The molecule has 0 bridgehead atoms. The van der Waals surface area contributed by atoms with E-state index in [9.17, 15) is 9.90 Å². The number of nitrogens with zero attached hydrogens (tertiary/aromatic N) is 1. The highest BCUT2D eigenvalue weighted by Crippen LogP contribution is 2.16. The number of carboxylic acids is 1. The zero-order chi connectivity index (χ0) is 18.3. The van der Waals surface area contributed by atoms with Crippen molar-refractivity contribution in [2.45, 2.75) is 109 Å². The Morgan fingerprint density at radius 3 is 1.32 bits per heavy atom.